The fraction of sp³-hybridized carbons (Fsp3) is 0.100. The minimum absolute atomic E-state index is 0.0811. The smallest absolute Gasteiger partial charge is 0.283 e. The highest BCUT2D eigenvalue weighted by Gasteiger charge is 2.12. The van der Waals surface area contributed by atoms with Crippen LogP contribution in [0.5, 0.6) is 0 Å². The first-order chi connectivity index (χ1) is 7.66. The summed E-state index contributed by atoms with van der Waals surface area (Å²) >= 11 is 3.15. The molecule has 16 heavy (non-hydrogen) atoms. The van der Waals surface area contributed by atoms with Crippen molar-refractivity contribution in [3.8, 4) is 0 Å². The van der Waals surface area contributed by atoms with Crippen molar-refractivity contribution < 1.29 is 4.92 Å². The molecule has 1 aromatic heterocycles. The molecule has 0 N–H and O–H groups in total. The van der Waals surface area contributed by atoms with Crippen LogP contribution in [-0.4, -0.2) is 14.5 Å². The normalized spacial score (nSPS) is 10.3. The van der Waals surface area contributed by atoms with Gasteiger partial charge in [0.05, 0.1) is 15.7 Å². The largest absolute Gasteiger partial charge is 0.333 e. The zero-order valence-corrected chi connectivity index (χ0v) is 9.79. The molecule has 0 aliphatic rings. The summed E-state index contributed by atoms with van der Waals surface area (Å²) in [5.41, 5.74) is 0.950. The van der Waals surface area contributed by atoms with Crippen molar-refractivity contribution in [2.45, 2.75) is 6.54 Å². The van der Waals surface area contributed by atoms with Crippen molar-refractivity contribution in [3.05, 3.63) is 57.1 Å². The standard InChI is InChI=1S/C10H8BrN3O2/c11-9-2-1-8(5-10(9)14(15)16)6-13-4-3-12-7-13/h1-5,7H,6H2. The minimum Gasteiger partial charge on any atom is -0.333 e. The number of imidazole rings is 1. The molecule has 0 aliphatic heterocycles. The van der Waals surface area contributed by atoms with Gasteiger partial charge in [0.25, 0.3) is 5.69 Å². The van der Waals surface area contributed by atoms with E-state index in [1.54, 1.807) is 24.7 Å². The maximum atomic E-state index is 10.7. The van der Waals surface area contributed by atoms with Crippen LogP contribution >= 0.6 is 15.9 Å². The monoisotopic (exact) mass is 281 g/mol. The summed E-state index contributed by atoms with van der Waals surface area (Å²) < 4.78 is 2.35. The Morgan fingerprint density at radius 2 is 2.31 bits per heavy atom. The van der Waals surface area contributed by atoms with Crippen molar-refractivity contribution in [2.24, 2.45) is 0 Å². The summed E-state index contributed by atoms with van der Waals surface area (Å²) in [5.74, 6) is 0. The fourth-order valence-electron chi connectivity index (χ4n) is 1.39. The lowest BCUT2D eigenvalue weighted by molar-refractivity contribution is -0.385. The quantitative estimate of drug-likeness (QED) is 0.642. The van der Waals surface area contributed by atoms with E-state index in [1.807, 2.05) is 16.8 Å². The molecule has 0 atom stereocenters. The van der Waals surface area contributed by atoms with Gasteiger partial charge in [0.2, 0.25) is 0 Å². The van der Waals surface area contributed by atoms with Gasteiger partial charge in [0, 0.05) is 25.0 Å². The Hall–Kier alpha value is -1.69. The van der Waals surface area contributed by atoms with Crippen molar-refractivity contribution in [1.82, 2.24) is 9.55 Å². The van der Waals surface area contributed by atoms with E-state index in [9.17, 15) is 10.1 Å². The fourth-order valence-corrected chi connectivity index (χ4v) is 1.78. The molecule has 0 radical (unpaired) electrons. The maximum absolute atomic E-state index is 10.7. The van der Waals surface area contributed by atoms with Crippen LogP contribution in [0.3, 0.4) is 0 Å². The first-order valence-electron chi connectivity index (χ1n) is 4.55. The lowest BCUT2D eigenvalue weighted by Crippen LogP contribution is -1.98. The van der Waals surface area contributed by atoms with Gasteiger partial charge in [0.15, 0.2) is 0 Å². The Kier molecular flexibility index (Phi) is 3.00. The van der Waals surface area contributed by atoms with Gasteiger partial charge in [-0.2, -0.15) is 0 Å². The van der Waals surface area contributed by atoms with E-state index in [1.165, 1.54) is 0 Å². The Balaban J connectivity index is 2.29. The average Bonchev–Trinajstić information content (AvgIpc) is 2.73. The predicted octanol–water partition coefficient (Wildman–Crippen LogP) is 2.60. The highest BCUT2D eigenvalue weighted by Crippen LogP contribution is 2.25. The predicted molar refractivity (Wildman–Crippen MR) is 62.1 cm³/mol. The molecular weight excluding hydrogens is 274 g/mol. The highest BCUT2D eigenvalue weighted by molar-refractivity contribution is 9.10. The third-order valence-corrected chi connectivity index (χ3v) is 2.80. The summed E-state index contributed by atoms with van der Waals surface area (Å²) in [6, 6.07) is 5.09. The minimum atomic E-state index is -0.401. The Morgan fingerprint density at radius 1 is 1.50 bits per heavy atom. The van der Waals surface area contributed by atoms with E-state index in [0.29, 0.717) is 11.0 Å². The molecule has 5 nitrogen and oxygen atoms in total. The molecule has 82 valence electrons. The average molecular weight is 282 g/mol. The lowest BCUT2D eigenvalue weighted by atomic mass is 10.2. The zero-order valence-electron chi connectivity index (χ0n) is 8.21. The molecule has 2 rings (SSSR count). The molecule has 1 aromatic carbocycles. The number of benzene rings is 1. The first-order valence-corrected chi connectivity index (χ1v) is 5.34. The van der Waals surface area contributed by atoms with Crippen LogP contribution < -0.4 is 0 Å². The third kappa shape index (κ3) is 2.27. The van der Waals surface area contributed by atoms with Crippen molar-refractivity contribution in [2.75, 3.05) is 0 Å². The highest BCUT2D eigenvalue weighted by atomic mass is 79.9. The van der Waals surface area contributed by atoms with Crippen molar-refractivity contribution in [3.63, 3.8) is 0 Å². The number of nitro benzene ring substituents is 1. The molecule has 0 unspecified atom stereocenters. The van der Waals surface area contributed by atoms with Gasteiger partial charge < -0.3 is 4.57 Å². The van der Waals surface area contributed by atoms with Crippen LogP contribution in [0.1, 0.15) is 5.56 Å². The molecule has 0 fully saturated rings. The van der Waals surface area contributed by atoms with Gasteiger partial charge in [-0.15, -0.1) is 0 Å². The first kappa shape index (κ1) is 10.8. The van der Waals surface area contributed by atoms with E-state index < -0.39 is 4.92 Å². The maximum Gasteiger partial charge on any atom is 0.283 e. The van der Waals surface area contributed by atoms with Crippen LogP contribution in [-0.2, 0) is 6.54 Å². The second-order valence-corrected chi connectivity index (χ2v) is 4.13. The van der Waals surface area contributed by atoms with Gasteiger partial charge in [-0.3, -0.25) is 10.1 Å². The summed E-state index contributed by atoms with van der Waals surface area (Å²) in [4.78, 5) is 14.2. The van der Waals surface area contributed by atoms with Crippen LogP contribution in [0.25, 0.3) is 0 Å². The number of nitrogens with zero attached hydrogens (tertiary/aromatic N) is 3. The number of aromatic nitrogens is 2. The van der Waals surface area contributed by atoms with Gasteiger partial charge in [0.1, 0.15) is 0 Å². The van der Waals surface area contributed by atoms with E-state index in [4.69, 9.17) is 0 Å². The molecule has 0 bridgehead atoms. The third-order valence-electron chi connectivity index (χ3n) is 2.13. The van der Waals surface area contributed by atoms with Gasteiger partial charge in [-0.25, -0.2) is 4.98 Å². The van der Waals surface area contributed by atoms with E-state index in [0.717, 1.165) is 5.56 Å². The Bertz CT molecular complexity index is 511. The molecule has 6 heteroatoms. The molecule has 0 amide bonds. The molecule has 2 aromatic rings. The molecule has 0 saturated carbocycles. The number of halogens is 1. The number of hydrogen-bond acceptors (Lipinski definition) is 3. The van der Waals surface area contributed by atoms with Gasteiger partial charge in [-0.1, -0.05) is 6.07 Å². The SMILES string of the molecule is O=[N+]([O-])c1cc(Cn2ccnc2)ccc1Br. The van der Waals surface area contributed by atoms with E-state index in [-0.39, 0.29) is 5.69 Å². The second kappa shape index (κ2) is 4.44. The number of rotatable bonds is 3. The number of nitro groups is 1. The van der Waals surface area contributed by atoms with Crippen molar-refractivity contribution in [1.29, 1.82) is 0 Å². The molecule has 0 aliphatic carbocycles. The van der Waals surface area contributed by atoms with Crippen molar-refractivity contribution >= 4 is 21.6 Å². The topological polar surface area (TPSA) is 61.0 Å². The molecule has 0 saturated heterocycles. The molecule has 1 heterocycles. The molecule has 0 spiro atoms. The van der Waals surface area contributed by atoms with Gasteiger partial charge >= 0.3 is 0 Å². The second-order valence-electron chi connectivity index (χ2n) is 3.28. The van der Waals surface area contributed by atoms with E-state index >= 15 is 0 Å². The number of hydrogen-bond donors (Lipinski definition) is 0. The summed E-state index contributed by atoms with van der Waals surface area (Å²) in [7, 11) is 0. The van der Waals surface area contributed by atoms with Crippen LogP contribution in [0.4, 0.5) is 5.69 Å². The van der Waals surface area contributed by atoms with Gasteiger partial charge in [-0.05, 0) is 27.6 Å². The Labute approximate surface area is 100 Å². The lowest BCUT2D eigenvalue weighted by Gasteiger charge is -2.03. The summed E-state index contributed by atoms with van der Waals surface area (Å²) in [6.45, 7) is 0.577. The van der Waals surface area contributed by atoms with Crippen LogP contribution in [0.15, 0.2) is 41.4 Å². The van der Waals surface area contributed by atoms with Crippen LogP contribution in [0, 0.1) is 10.1 Å². The van der Waals surface area contributed by atoms with E-state index in [2.05, 4.69) is 20.9 Å². The Morgan fingerprint density at radius 3 is 2.94 bits per heavy atom. The zero-order chi connectivity index (χ0) is 11.5. The molecular formula is C10H8BrN3O2. The van der Waals surface area contributed by atoms with Crippen LogP contribution in [0.2, 0.25) is 0 Å². The summed E-state index contributed by atoms with van der Waals surface area (Å²) in [5, 5.41) is 10.7. The summed E-state index contributed by atoms with van der Waals surface area (Å²) in [6.07, 6.45) is 5.16.